The summed E-state index contributed by atoms with van der Waals surface area (Å²) in [5.74, 6) is -3.76. The van der Waals surface area contributed by atoms with E-state index in [0.29, 0.717) is 10.2 Å². The van der Waals surface area contributed by atoms with Gasteiger partial charge in [-0.2, -0.15) is 18.3 Å². The summed E-state index contributed by atoms with van der Waals surface area (Å²) in [6.07, 6.45) is -4.16. The van der Waals surface area contributed by atoms with Crippen molar-refractivity contribution in [1.82, 2.24) is 9.78 Å². The van der Waals surface area contributed by atoms with E-state index in [2.05, 4.69) is 10.4 Å². The summed E-state index contributed by atoms with van der Waals surface area (Å²) >= 11 is 0. The molecule has 0 spiro atoms. The van der Waals surface area contributed by atoms with Gasteiger partial charge in [-0.25, -0.2) is 22.3 Å². The molecule has 1 amide bonds. The third-order valence-corrected chi connectivity index (χ3v) is 7.21. The zero-order valence-electron chi connectivity index (χ0n) is 22.2. The van der Waals surface area contributed by atoms with E-state index < -0.39 is 56.3 Å². The molecule has 14 heteroatoms. The maximum absolute atomic E-state index is 15.3. The Bertz CT molecular complexity index is 1790. The van der Waals surface area contributed by atoms with Crippen LogP contribution in [0.1, 0.15) is 39.0 Å². The maximum atomic E-state index is 15.3. The van der Waals surface area contributed by atoms with Crippen LogP contribution in [0.3, 0.4) is 0 Å². The smallest absolute Gasteiger partial charge is 0.436 e. The average Bonchev–Trinajstić information content (AvgIpc) is 3.36. The predicted molar refractivity (Wildman–Crippen MR) is 145 cm³/mol. The first-order chi connectivity index (χ1) is 19.8. The zero-order chi connectivity index (χ0) is 30.8. The van der Waals surface area contributed by atoms with Crippen molar-refractivity contribution in [2.75, 3.05) is 18.2 Å². The lowest BCUT2D eigenvalue weighted by Crippen LogP contribution is -2.22. The maximum Gasteiger partial charge on any atom is 0.436 e. The van der Waals surface area contributed by atoms with E-state index in [4.69, 9.17) is 10.5 Å². The predicted octanol–water partition coefficient (Wildman–Crippen LogP) is 4.99. The van der Waals surface area contributed by atoms with Gasteiger partial charge in [0.2, 0.25) is 0 Å². The standard InChI is InChI=1S/C28H24F4N4O5S/c1-3-41-27(38)23-24(36(35-25(23)28(30,31)32)18-8-6-7-16(13-18)15-33)26(37)34-21-12-11-17(14-20(21)29)19-9-4-5-10-22(19)42(2,39)40/h4-14H,3,15,33H2,1-2H3,(H,34,37). The van der Waals surface area contributed by atoms with Gasteiger partial charge in [0.1, 0.15) is 17.1 Å². The Morgan fingerprint density at radius 2 is 1.76 bits per heavy atom. The summed E-state index contributed by atoms with van der Waals surface area (Å²) in [6.45, 7) is 1.10. The van der Waals surface area contributed by atoms with Crippen molar-refractivity contribution in [3.05, 3.63) is 95.1 Å². The fraction of sp³-hybridized carbons (Fsp3) is 0.179. The highest BCUT2D eigenvalue weighted by Crippen LogP contribution is 2.35. The Morgan fingerprint density at radius 1 is 1.05 bits per heavy atom. The summed E-state index contributed by atoms with van der Waals surface area (Å²) in [6, 6.07) is 15.1. The molecule has 220 valence electrons. The molecular weight excluding hydrogens is 580 g/mol. The number of nitrogens with two attached hydrogens (primary N) is 1. The Morgan fingerprint density at radius 3 is 2.38 bits per heavy atom. The highest BCUT2D eigenvalue weighted by Gasteiger charge is 2.44. The molecule has 4 rings (SSSR count). The van der Waals surface area contributed by atoms with Crippen molar-refractivity contribution >= 4 is 27.4 Å². The minimum absolute atomic E-state index is 0.0163. The molecular formula is C28H24F4N4O5S. The van der Waals surface area contributed by atoms with Gasteiger partial charge in [-0.05, 0) is 48.4 Å². The van der Waals surface area contributed by atoms with E-state index in [1.54, 1.807) is 12.1 Å². The number of nitrogens with one attached hydrogen (secondary N) is 1. The first-order valence-electron chi connectivity index (χ1n) is 12.3. The van der Waals surface area contributed by atoms with E-state index in [-0.39, 0.29) is 34.9 Å². The number of carbonyl (C=O) groups excluding carboxylic acids is 2. The molecule has 0 unspecified atom stereocenters. The van der Waals surface area contributed by atoms with Crippen LogP contribution in [0.5, 0.6) is 0 Å². The van der Waals surface area contributed by atoms with E-state index in [9.17, 15) is 31.2 Å². The number of rotatable bonds is 8. The molecule has 0 bridgehead atoms. The van der Waals surface area contributed by atoms with E-state index in [0.717, 1.165) is 18.4 Å². The molecule has 42 heavy (non-hydrogen) atoms. The number of halogens is 4. The van der Waals surface area contributed by atoms with Crippen molar-refractivity contribution in [2.45, 2.75) is 24.5 Å². The molecule has 0 aliphatic rings. The molecule has 0 aliphatic carbocycles. The zero-order valence-corrected chi connectivity index (χ0v) is 23.0. The summed E-state index contributed by atoms with van der Waals surface area (Å²) in [4.78, 5) is 26.2. The van der Waals surface area contributed by atoms with Crippen molar-refractivity contribution < 1.29 is 40.3 Å². The van der Waals surface area contributed by atoms with Crippen LogP contribution in [-0.2, 0) is 27.3 Å². The normalized spacial score (nSPS) is 11.8. The van der Waals surface area contributed by atoms with Gasteiger partial charge in [-0.1, -0.05) is 36.4 Å². The number of hydrogen-bond acceptors (Lipinski definition) is 7. The molecule has 0 saturated carbocycles. The third-order valence-electron chi connectivity index (χ3n) is 6.05. The van der Waals surface area contributed by atoms with Gasteiger partial charge in [0.25, 0.3) is 5.91 Å². The highest BCUT2D eigenvalue weighted by atomic mass is 32.2. The van der Waals surface area contributed by atoms with Crippen LogP contribution in [0.4, 0.5) is 23.2 Å². The van der Waals surface area contributed by atoms with Gasteiger partial charge >= 0.3 is 12.1 Å². The van der Waals surface area contributed by atoms with Crippen molar-refractivity contribution in [3.63, 3.8) is 0 Å². The number of esters is 1. The molecule has 0 aliphatic heterocycles. The second kappa shape index (κ2) is 11.7. The largest absolute Gasteiger partial charge is 0.462 e. The van der Waals surface area contributed by atoms with Gasteiger partial charge in [-0.15, -0.1) is 0 Å². The first-order valence-corrected chi connectivity index (χ1v) is 14.2. The molecule has 0 radical (unpaired) electrons. The Labute approximate surface area is 237 Å². The SMILES string of the molecule is CCOC(=O)c1c(C(F)(F)F)nn(-c2cccc(CN)c2)c1C(=O)Nc1ccc(-c2ccccc2S(C)(=O)=O)cc1F. The van der Waals surface area contributed by atoms with Crippen LogP contribution in [0.2, 0.25) is 0 Å². The van der Waals surface area contributed by atoms with Gasteiger partial charge in [0.05, 0.1) is 22.9 Å². The summed E-state index contributed by atoms with van der Waals surface area (Å²) < 4.78 is 87.2. The van der Waals surface area contributed by atoms with Crippen molar-refractivity contribution in [3.8, 4) is 16.8 Å². The topological polar surface area (TPSA) is 133 Å². The van der Waals surface area contributed by atoms with Crippen molar-refractivity contribution in [1.29, 1.82) is 0 Å². The second-order valence-electron chi connectivity index (χ2n) is 8.99. The molecule has 3 aromatic carbocycles. The summed E-state index contributed by atoms with van der Waals surface area (Å²) in [7, 11) is -3.67. The number of ether oxygens (including phenoxy) is 1. The van der Waals surface area contributed by atoms with E-state index in [1.165, 1.54) is 49.4 Å². The highest BCUT2D eigenvalue weighted by molar-refractivity contribution is 7.90. The fourth-order valence-electron chi connectivity index (χ4n) is 4.22. The fourth-order valence-corrected chi connectivity index (χ4v) is 5.13. The van der Waals surface area contributed by atoms with Crippen LogP contribution in [0.15, 0.2) is 71.6 Å². The lowest BCUT2D eigenvalue weighted by atomic mass is 10.0. The molecule has 1 heterocycles. The lowest BCUT2D eigenvalue weighted by Gasteiger charge is -2.13. The van der Waals surface area contributed by atoms with E-state index in [1.807, 2.05) is 0 Å². The molecule has 1 aromatic heterocycles. The Kier molecular flexibility index (Phi) is 8.50. The van der Waals surface area contributed by atoms with Crippen molar-refractivity contribution in [2.24, 2.45) is 5.73 Å². The monoisotopic (exact) mass is 604 g/mol. The number of amides is 1. The summed E-state index contributed by atoms with van der Waals surface area (Å²) in [5, 5.41) is 5.74. The number of anilines is 1. The number of carbonyl (C=O) groups is 2. The molecule has 9 nitrogen and oxygen atoms in total. The number of benzene rings is 3. The number of alkyl halides is 3. The number of aromatic nitrogens is 2. The second-order valence-corrected chi connectivity index (χ2v) is 11.0. The number of nitrogens with zero attached hydrogens (tertiary/aromatic N) is 2. The van der Waals surface area contributed by atoms with Gasteiger partial charge < -0.3 is 15.8 Å². The summed E-state index contributed by atoms with van der Waals surface area (Å²) in [5.41, 5.74) is 2.39. The molecule has 0 atom stereocenters. The number of sulfone groups is 1. The van der Waals surface area contributed by atoms with Gasteiger partial charge in [0.15, 0.2) is 15.5 Å². The van der Waals surface area contributed by atoms with Crippen LogP contribution >= 0.6 is 0 Å². The minimum Gasteiger partial charge on any atom is -0.462 e. The molecule has 3 N–H and O–H groups in total. The quantitative estimate of drug-likeness (QED) is 0.214. The van der Waals surface area contributed by atoms with Crippen LogP contribution in [0, 0.1) is 5.82 Å². The molecule has 4 aromatic rings. The Balaban J connectivity index is 1.84. The average molecular weight is 605 g/mol. The minimum atomic E-state index is -5.16. The van der Waals surface area contributed by atoms with Gasteiger partial charge in [-0.3, -0.25) is 4.79 Å². The van der Waals surface area contributed by atoms with Crippen LogP contribution in [-0.4, -0.2) is 42.9 Å². The first kappa shape index (κ1) is 30.4. The molecule has 0 fully saturated rings. The van der Waals surface area contributed by atoms with Crippen LogP contribution < -0.4 is 11.1 Å². The Hall–Kier alpha value is -4.56. The van der Waals surface area contributed by atoms with E-state index >= 15 is 4.39 Å². The number of hydrogen-bond donors (Lipinski definition) is 2. The third kappa shape index (κ3) is 6.19. The van der Waals surface area contributed by atoms with Crippen LogP contribution in [0.25, 0.3) is 16.8 Å². The lowest BCUT2D eigenvalue weighted by molar-refractivity contribution is -0.141. The molecule has 0 saturated heterocycles. The van der Waals surface area contributed by atoms with Gasteiger partial charge in [0, 0.05) is 18.4 Å².